The standard InChI is InChI=1S/C22H26N4O4/c1-22(2,29)8-9-26-13-16-10-18(23)17(11-19(16)25-26)14-4-6-15(7-5-14)21(28)24-12-20(27)30-3/h4-7,10-11,13,29H,8-9,12,23H2,1-3H3,(H,24,28). The molecule has 0 atom stereocenters. The molecule has 3 aromatic rings. The highest BCUT2D eigenvalue weighted by molar-refractivity contribution is 5.97. The van der Waals surface area contributed by atoms with Gasteiger partial charge in [0, 0.05) is 34.9 Å². The monoisotopic (exact) mass is 410 g/mol. The molecular formula is C22H26N4O4. The van der Waals surface area contributed by atoms with E-state index >= 15 is 0 Å². The molecule has 3 rings (SSSR count). The summed E-state index contributed by atoms with van der Waals surface area (Å²) in [6, 6.07) is 10.7. The lowest BCUT2D eigenvalue weighted by Gasteiger charge is -2.16. The summed E-state index contributed by atoms with van der Waals surface area (Å²) in [5.74, 6) is -0.871. The molecule has 0 aliphatic heterocycles. The number of fused-ring (bicyclic) bond motifs is 1. The molecule has 1 heterocycles. The number of nitrogen functional groups attached to an aromatic ring is 1. The van der Waals surface area contributed by atoms with Crippen molar-refractivity contribution in [2.24, 2.45) is 0 Å². The van der Waals surface area contributed by atoms with Crippen molar-refractivity contribution in [2.75, 3.05) is 19.4 Å². The predicted octanol–water partition coefficient (Wildman–Crippen LogP) is 2.35. The number of benzene rings is 2. The van der Waals surface area contributed by atoms with Gasteiger partial charge in [0.15, 0.2) is 0 Å². The Kier molecular flexibility index (Phi) is 6.07. The van der Waals surface area contributed by atoms with E-state index < -0.39 is 11.6 Å². The van der Waals surface area contributed by atoms with Crippen molar-refractivity contribution in [1.29, 1.82) is 0 Å². The van der Waals surface area contributed by atoms with E-state index in [1.807, 2.05) is 18.3 Å². The second-order valence-corrected chi connectivity index (χ2v) is 7.79. The Bertz CT molecular complexity index is 1070. The van der Waals surface area contributed by atoms with Crippen molar-refractivity contribution in [1.82, 2.24) is 15.1 Å². The number of nitrogens with one attached hydrogen (secondary N) is 1. The number of anilines is 1. The molecule has 158 valence electrons. The number of carbonyl (C=O) groups is 2. The zero-order chi connectivity index (χ0) is 21.9. The summed E-state index contributed by atoms with van der Waals surface area (Å²) in [4.78, 5) is 23.3. The van der Waals surface area contributed by atoms with Gasteiger partial charge in [0.2, 0.25) is 0 Å². The number of ether oxygens (including phenoxy) is 1. The highest BCUT2D eigenvalue weighted by atomic mass is 16.5. The van der Waals surface area contributed by atoms with Crippen LogP contribution < -0.4 is 11.1 Å². The molecule has 0 saturated heterocycles. The van der Waals surface area contributed by atoms with E-state index in [-0.39, 0.29) is 12.5 Å². The fraction of sp³-hybridized carbons (Fsp3) is 0.318. The van der Waals surface area contributed by atoms with Crippen molar-refractivity contribution < 1.29 is 19.4 Å². The number of aliphatic hydroxyl groups is 1. The normalized spacial score (nSPS) is 11.5. The van der Waals surface area contributed by atoms with Gasteiger partial charge in [-0.3, -0.25) is 14.3 Å². The summed E-state index contributed by atoms with van der Waals surface area (Å²) in [6.07, 6.45) is 2.50. The van der Waals surface area contributed by atoms with E-state index in [1.54, 1.807) is 42.8 Å². The Balaban J connectivity index is 1.79. The summed E-state index contributed by atoms with van der Waals surface area (Å²) < 4.78 is 6.31. The molecule has 0 unspecified atom stereocenters. The van der Waals surface area contributed by atoms with Gasteiger partial charge in [0.1, 0.15) is 6.54 Å². The van der Waals surface area contributed by atoms with Crippen molar-refractivity contribution >= 4 is 28.5 Å². The lowest BCUT2D eigenvalue weighted by atomic mass is 10.0. The first-order valence-electron chi connectivity index (χ1n) is 9.61. The zero-order valence-electron chi connectivity index (χ0n) is 17.3. The van der Waals surface area contributed by atoms with Crippen LogP contribution in [0.4, 0.5) is 5.69 Å². The van der Waals surface area contributed by atoms with Crippen molar-refractivity contribution in [2.45, 2.75) is 32.4 Å². The quantitative estimate of drug-likeness (QED) is 0.406. The highest BCUT2D eigenvalue weighted by Gasteiger charge is 2.14. The van der Waals surface area contributed by atoms with Gasteiger partial charge in [-0.15, -0.1) is 0 Å². The van der Waals surface area contributed by atoms with Crippen LogP contribution in [-0.4, -0.2) is 46.0 Å². The number of amides is 1. The van der Waals surface area contributed by atoms with Crippen molar-refractivity contribution in [3.8, 4) is 11.1 Å². The fourth-order valence-electron chi connectivity index (χ4n) is 3.02. The van der Waals surface area contributed by atoms with Gasteiger partial charge in [0.25, 0.3) is 5.91 Å². The number of hydrogen-bond acceptors (Lipinski definition) is 6. The van der Waals surface area contributed by atoms with Crippen LogP contribution in [0.15, 0.2) is 42.6 Å². The molecular weight excluding hydrogens is 384 g/mol. The zero-order valence-corrected chi connectivity index (χ0v) is 17.3. The smallest absolute Gasteiger partial charge is 0.325 e. The Morgan fingerprint density at radius 1 is 1.23 bits per heavy atom. The number of esters is 1. The maximum atomic E-state index is 12.1. The first kappa shape index (κ1) is 21.3. The molecule has 0 aliphatic carbocycles. The lowest BCUT2D eigenvalue weighted by Crippen LogP contribution is -2.30. The maximum Gasteiger partial charge on any atom is 0.325 e. The number of nitrogens with two attached hydrogens (primary N) is 1. The van der Waals surface area contributed by atoms with E-state index in [1.165, 1.54) is 7.11 Å². The molecule has 0 aliphatic rings. The Morgan fingerprint density at radius 2 is 1.93 bits per heavy atom. The molecule has 2 aromatic carbocycles. The minimum atomic E-state index is -0.757. The minimum Gasteiger partial charge on any atom is -0.468 e. The number of aryl methyl sites for hydroxylation is 1. The summed E-state index contributed by atoms with van der Waals surface area (Å²) >= 11 is 0. The molecule has 1 aromatic heterocycles. The van der Waals surface area contributed by atoms with Gasteiger partial charge < -0.3 is 20.9 Å². The van der Waals surface area contributed by atoms with Gasteiger partial charge in [-0.2, -0.15) is 5.10 Å². The number of carbonyl (C=O) groups excluding carboxylic acids is 2. The van der Waals surface area contributed by atoms with Crippen LogP contribution in [0, 0.1) is 0 Å². The van der Waals surface area contributed by atoms with Gasteiger partial charge >= 0.3 is 5.97 Å². The molecule has 8 heteroatoms. The minimum absolute atomic E-state index is 0.184. The first-order valence-corrected chi connectivity index (χ1v) is 9.61. The topological polar surface area (TPSA) is 119 Å². The third-order valence-corrected chi connectivity index (χ3v) is 4.75. The maximum absolute atomic E-state index is 12.1. The third kappa shape index (κ3) is 5.15. The van der Waals surface area contributed by atoms with Gasteiger partial charge in [-0.1, -0.05) is 12.1 Å². The molecule has 0 bridgehead atoms. The number of nitrogens with zero attached hydrogens (tertiary/aromatic N) is 2. The molecule has 1 amide bonds. The molecule has 30 heavy (non-hydrogen) atoms. The largest absolute Gasteiger partial charge is 0.468 e. The van der Waals surface area contributed by atoms with Crippen LogP contribution in [0.25, 0.3) is 22.0 Å². The highest BCUT2D eigenvalue weighted by Crippen LogP contribution is 2.30. The number of rotatable bonds is 7. The molecule has 4 N–H and O–H groups in total. The van der Waals surface area contributed by atoms with Crippen LogP contribution in [0.5, 0.6) is 0 Å². The fourth-order valence-corrected chi connectivity index (χ4v) is 3.02. The van der Waals surface area contributed by atoms with Crippen LogP contribution in [0.2, 0.25) is 0 Å². The molecule has 0 saturated carbocycles. The average molecular weight is 410 g/mol. The van der Waals surface area contributed by atoms with Crippen LogP contribution in [0.1, 0.15) is 30.6 Å². The SMILES string of the molecule is COC(=O)CNC(=O)c1ccc(-c2cc3nn(CCC(C)(C)O)cc3cc2N)cc1. The Morgan fingerprint density at radius 3 is 2.57 bits per heavy atom. The van der Waals surface area contributed by atoms with Crippen molar-refractivity contribution in [3.05, 3.63) is 48.2 Å². The molecule has 0 radical (unpaired) electrons. The van der Waals surface area contributed by atoms with E-state index in [0.717, 1.165) is 22.0 Å². The lowest BCUT2D eigenvalue weighted by molar-refractivity contribution is -0.139. The number of hydrogen-bond donors (Lipinski definition) is 3. The Labute approximate surface area is 174 Å². The Hall–Kier alpha value is -3.39. The first-order chi connectivity index (χ1) is 14.2. The van der Waals surface area contributed by atoms with Crippen LogP contribution in [0.3, 0.4) is 0 Å². The van der Waals surface area contributed by atoms with Gasteiger partial charge in [-0.25, -0.2) is 0 Å². The molecule has 0 spiro atoms. The number of aromatic nitrogens is 2. The average Bonchev–Trinajstić information content (AvgIpc) is 3.11. The molecule has 8 nitrogen and oxygen atoms in total. The molecule has 0 fully saturated rings. The summed E-state index contributed by atoms with van der Waals surface area (Å²) in [5.41, 5.74) is 9.00. The summed E-state index contributed by atoms with van der Waals surface area (Å²) in [5, 5.41) is 17.9. The summed E-state index contributed by atoms with van der Waals surface area (Å²) in [6.45, 7) is 3.96. The van der Waals surface area contributed by atoms with E-state index in [9.17, 15) is 14.7 Å². The van der Waals surface area contributed by atoms with Crippen molar-refractivity contribution in [3.63, 3.8) is 0 Å². The van der Waals surface area contributed by atoms with Gasteiger partial charge in [-0.05, 0) is 50.1 Å². The second kappa shape index (κ2) is 8.54. The van der Waals surface area contributed by atoms with E-state index in [0.29, 0.717) is 24.2 Å². The number of methoxy groups -OCH3 is 1. The van der Waals surface area contributed by atoms with Gasteiger partial charge in [0.05, 0.1) is 18.2 Å². The predicted molar refractivity (Wildman–Crippen MR) is 115 cm³/mol. The summed E-state index contributed by atoms with van der Waals surface area (Å²) in [7, 11) is 1.26. The van der Waals surface area contributed by atoms with Crippen LogP contribution in [-0.2, 0) is 16.1 Å². The second-order valence-electron chi connectivity index (χ2n) is 7.79. The third-order valence-electron chi connectivity index (χ3n) is 4.75. The van der Waals surface area contributed by atoms with Crippen LogP contribution >= 0.6 is 0 Å². The van der Waals surface area contributed by atoms with E-state index in [2.05, 4.69) is 15.2 Å². The van der Waals surface area contributed by atoms with E-state index in [4.69, 9.17) is 5.73 Å².